The van der Waals surface area contributed by atoms with Gasteiger partial charge in [-0.05, 0) is 60.2 Å². The lowest BCUT2D eigenvalue weighted by Crippen LogP contribution is -1.93. The summed E-state index contributed by atoms with van der Waals surface area (Å²) in [4.78, 5) is 15.3. The molecule has 1 N–H and O–H groups in total. The van der Waals surface area contributed by atoms with E-state index in [0.717, 1.165) is 20.9 Å². The van der Waals surface area contributed by atoms with Gasteiger partial charge in [-0.1, -0.05) is 15.9 Å². The third-order valence-corrected chi connectivity index (χ3v) is 3.88. The quantitative estimate of drug-likeness (QED) is 0.549. The van der Waals surface area contributed by atoms with E-state index in [0.29, 0.717) is 11.1 Å². The molecule has 0 saturated heterocycles. The molecular formula is C18H11BrN2O. The summed E-state index contributed by atoms with van der Waals surface area (Å²) in [5.41, 5.74) is 3.09. The first kappa shape index (κ1) is 14.3. The molecule has 0 aliphatic heterocycles. The molecule has 0 aliphatic rings. The Labute approximate surface area is 136 Å². The monoisotopic (exact) mass is 350 g/mol. The summed E-state index contributed by atoms with van der Waals surface area (Å²) >= 11 is 3.45. The Bertz CT molecular complexity index is 914. The molecule has 2 aromatic carbocycles. The maximum Gasteiger partial charge on any atom is 0.185 e. The first-order chi connectivity index (χ1) is 10.7. The number of halogens is 1. The molecule has 0 saturated carbocycles. The van der Waals surface area contributed by atoms with Crippen LogP contribution < -0.4 is 0 Å². The zero-order chi connectivity index (χ0) is 15.5. The predicted octanol–water partition coefficient (Wildman–Crippen LogP) is 4.70. The molecule has 4 heteroatoms. The lowest BCUT2D eigenvalue weighted by atomic mass is 10.1. The number of hydrogen-bond acceptors (Lipinski definition) is 2. The molecule has 0 radical (unpaired) electrons. The van der Waals surface area contributed by atoms with Gasteiger partial charge in [-0.25, -0.2) is 0 Å². The highest BCUT2D eigenvalue weighted by Crippen LogP contribution is 2.23. The number of carbonyl (C=O) groups is 1. The Balaban J connectivity index is 1.87. The molecule has 0 atom stereocenters. The van der Waals surface area contributed by atoms with Crippen molar-refractivity contribution in [1.29, 1.82) is 5.26 Å². The van der Waals surface area contributed by atoms with Gasteiger partial charge in [-0.15, -0.1) is 0 Å². The normalized spacial score (nSPS) is 10.9. The third kappa shape index (κ3) is 2.85. The fraction of sp³-hybridized carbons (Fsp3) is 0. The molecule has 3 nitrogen and oxygen atoms in total. The second-order valence-corrected chi connectivity index (χ2v) is 5.74. The van der Waals surface area contributed by atoms with E-state index in [1.807, 2.05) is 30.5 Å². The van der Waals surface area contributed by atoms with Gasteiger partial charge < -0.3 is 4.98 Å². The number of nitrogens with zero attached hydrogens (tertiary/aromatic N) is 1. The molecule has 0 amide bonds. The Kier molecular flexibility index (Phi) is 3.90. The van der Waals surface area contributed by atoms with Gasteiger partial charge in [-0.2, -0.15) is 5.26 Å². The van der Waals surface area contributed by atoms with Crippen LogP contribution in [-0.2, 0) is 0 Å². The number of hydrogen-bond donors (Lipinski definition) is 1. The number of ketones is 1. The summed E-state index contributed by atoms with van der Waals surface area (Å²) in [6, 6.07) is 14.6. The van der Waals surface area contributed by atoms with Gasteiger partial charge in [0.2, 0.25) is 0 Å². The van der Waals surface area contributed by atoms with E-state index in [1.54, 1.807) is 36.4 Å². The van der Waals surface area contributed by atoms with Crippen molar-refractivity contribution in [2.45, 2.75) is 0 Å². The van der Waals surface area contributed by atoms with Gasteiger partial charge >= 0.3 is 0 Å². The number of aromatic nitrogens is 1. The molecule has 3 aromatic rings. The fourth-order valence-corrected chi connectivity index (χ4v) is 2.58. The van der Waals surface area contributed by atoms with Crippen molar-refractivity contribution in [2.24, 2.45) is 0 Å². The average Bonchev–Trinajstić information content (AvgIpc) is 2.95. The van der Waals surface area contributed by atoms with Crippen LogP contribution in [0, 0.1) is 11.3 Å². The molecule has 0 unspecified atom stereocenters. The van der Waals surface area contributed by atoms with Crippen LogP contribution in [0.3, 0.4) is 0 Å². The minimum Gasteiger partial charge on any atom is -0.361 e. The zero-order valence-electron chi connectivity index (χ0n) is 11.5. The summed E-state index contributed by atoms with van der Waals surface area (Å²) in [5, 5.41) is 9.82. The van der Waals surface area contributed by atoms with E-state index in [4.69, 9.17) is 5.26 Å². The molecule has 0 spiro atoms. The highest BCUT2D eigenvalue weighted by atomic mass is 79.9. The fourth-order valence-electron chi connectivity index (χ4n) is 2.22. The van der Waals surface area contributed by atoms with Crippen molar-refractivity contribution in [3.05, 3.63) is 75.9 Å². The van der Waals surface area contributed by atoms with Crippen molar-refractivity contribution in [2.75, 3.05) is 0 Å². The molecule has 0 aliphatic carbocycles. The molecule has 1 heterocycles. The Morgan fingerprint density at radius 2 is 1.95 bits per heavy atom. The minimum atomic E-state index is -0.0890. The predicted molar refractivity (Wildman–Crippen MR) is 90.5 cm³/mol. The summed E-state index contributed by atoms with van der Waals surface area (Å²) in [6.45, 7) is 0. The molecule has 106 valence electrons. The summed E-state index contributed by atoms with van der Waals surface area (Å²) < 4.78 is 0.993. The number of allylic oxidation sites excluding steroid dienone is 1. The molecular weight excluding hydrogens is 340 g/mol. The maximum atomic E-state index is 12.2. The summed E-state index contributed by atoms with van der Waals surface area (Å²) in [6.07, 6.45) is 5.22. The molecule has 22 heavy (non-hydrogen) atoms. The van der Waals surface area contributed by atoms with Gasteiger partial charge in [0.25, 0.3) is 0 Å². The van der Waals surface area contributed by atoms with Crippen LogP contribution in [0.2, 0.25) is 0 Å². The van der Waals surface area contributed by atoms with Gasteiger partial charge in [0, 0.05) is 27.1 Å². The van der Waals surface area contributed by atoms with E-state index in [9.17, 15) is 4.79 Å². The maximum absolute atomic E-state index is 12.2. The van der Waals surface area contributed by atoms with Crippen LogP contribution >= 0.6 is 15.9 Å². The second-order valence-electron chi connectivity index (χ2n) is 4.82. The first-order valence-corrected chi connectivity index (χ1v) is 7.46. The average molecular weight is 351 g/mol. The van der Waals surface area contributed by atoms with E-state index in [1.165, 1.54) is 0 Å². The van der Waals surface area contributed by atoms with Crippen molar-refractivity contribution in [3.8, 4) is 6.07 Å². The van der Waals surface area contributed by atoms with Crippen molar-refractivity contribution in [1.82, 2.24) is 4.98 Å². The largest absolute Gasteiger partial charge is 0.361 e. The van der Waals surface area contributed by atoms with Gasteiger partial charge in [0.05, 0.1) is 11.6 Å². The number of fused-ring (bicyclic) bond motifs is 1. The van der Waals surface area contributed by atoms with E-state index in [-0.39, 0.29) is 5.78 Å². The zero-order valence-corrected chi connectivity index (χ0v) is 13.1. The number of rotatable bonds is 3. The molecule has 1 aromatic heterocycles. The van der Waals surface area contributed by atoms with Crippen LogP contribution in [0.25, 0.3) is 17.0 Å². The number of nitriles is 1. The minimum absolute atomic E-state index is 0.0890. The third-order valence-electron chi connectivity index (χ3n) is 3.39. The SMILES string of the molecule is N#Cc1ccc(C(=O)C=Cc2c[nH]c3ccc(Br)cc23)cc1. The van der Waals surface area contributed by atoms with Gasteiger partial charge in [0.15, 0.2) is 5.78 Å². The van der Waals surface area contributed by atoms with Crippen molar-refractivity contribution >= 4 is 38.7 Å². The topological polar surface area (TPSA) is 56.6 Å². The number of carbonyl (C=O) groups excluding carboxylic acids is 1. The number of H-pyrrole nitrogens is 1. The van der Waals surface area contributed by atoms with E-state index in [2.05, 4.69) is 20.9 Å². The Morgan fingerprint density at radius 3 is 2.68 bits per heavy atom. The standard InChI is InChI=1S/C18H11BrN2O/c19-15-6-7-17-16(9-15)14(11-21-17)5-8-18(22)13-3-1-12(10-20)2-4-13/h1-9,11,21H. The first-order valence-electron chi connectivity index (χ1n) is 6.66. The number of benzene rings is 2. The van der Waals surface area contributed by atoms with Crippen LogP contribution in [0.5, 0.6) is 0 Å². The molecule has 0 bridgehead atoms. The van der Waals surface area contributed by atoms with Crippen LogP contribution in [-0.4, -0.2) is 10.8 Å². The van der Waals surface area contributed by atoms with Crippen molar-refractivity contribution in [3.63, 3.8) is 0 Å². The van der Waals surface area contributed by atoms with Crippen LogP contribution in [0.4, 0.5) is 0 Å². The number of aromatic amines is 1. The lowest BCUT2D eigenvalue weighted by molar-refractivity contribution is 0.104. The second kappa shape index (κ2) is 6.00. The van der Waals surface area contributed by atoms with Gasteiger partial charge in [0.1, 0.15) is 0 Å². The highest BCUT2D eigenvalue weighted by Gasteiger charge is 2.04. The van der Waals surface area contributed by atoms with Crippen LogP contribution in [0.1, 0.15) is 21.5 Å². The van der Waals surface area contributed by atoms with E-state index < -0.39 is 0 Å². The lowest BCUT2D eigenvalue weighted by Gasteiger charge is -1.96. The summed E-state index contributed by atoms with van der Waals surface area (Å²) in [5.74, 6) is -0.0890. The molecule has 3 rings (SSSR count). The number of nitrogens with one attached hydrogen (secondary N) is 1. The Hall–Kier alpha value is -2.64. The van der Waals surface area contributed by atoms with Gasteiger partial charge in [-0.3, -0.25) is 4.79 Å². The highest BCUT2D eigenvalue weighted by molar-refractivity contribution is 9.10. The van der Waals surface area contributed by atoms with Crippen LogP contribution in [0.15, 0.2) is 59.2 Å². The van der Waals surface area contributed by atoms with E-state index >= 15 is 0 Å². The smallest absolute Gasteiger partial charge is 0.185 e. The Morgan fingerprint density at radius 1 is 1.18 bits per heavy atom. The summed E-state index contributed by atoms with van der Waals surface area (Å²) in [7, 11) is 0. The molecule has 0 fully saturated rings. The van der Waals surface area contributed by atoms with Crippen molar-refractivity contribution < 1.29 is 4.79 Å².